The highest BCUT2D eigenvalue weighted by atomic mass is 32.1. The van der Waals surface area contributed by atoms with E-state index in [0.29, 0.717) is 5.65 Å². The van der Waals surface area contributed by atoms with Gasteiger partial charge < -0.3 is 5.11 Å². The van der Waals surface area contributed by atoms with Crippen LogP contribution < -0.4 is 0 Å². The van der Waals surface area contributed by atoms with Crippen molar-refractivity contribution in [2.45, 2.75) is 19.8 Å². The van der Waals surface area contributed by atoms with E-state index in [1.54, 1.807) is 17.4 Å². The van der Waals surface area contributed by atoms with Crippen LogP contribution in [-0.2, 0) is 6.42 Å². The highest BCUT2D eigenvalue weighted by molar-refractivity contribution is 7.13. The molecular weight excluding hydrogens is 246 g/mol. The Morgan fingerprint density at radius 1 is 1.39 bits per heavy atom. The summed E-state index contributed by atoms with van der Waals surface area (Å²) in [5, 5.41) is 16.3. The monoisotopic (exact) mass is 259 g/mol. The maximum absolute atomic E-state index is 9.95. The molecule has 1 N–H and O–H groups in total. The molecule has 0 amide bonds. The van der Waals surface area contributed by atoms with Crippen LogP contribution in [0.5, 0.6) is 5.88 Å². The minimum Gasteiger partial charge on any atom is -0.493 e. The maximum atomic E-state index is 9.95. The number of aromatic nitrogens is 3. The predicted molar refractivity (Wildman–Crippen MR) is 72.0 cm³/mol. The summed E-state index contributed by atoms with van der Waals surface area (Å²) in [5.41, 5.74) is 2.45. The van der Waals surface area contributed by atoms with Crippen molar-refractivity contribution in [2.24, 2.45) is 0 Å². The Morgan fingerprint density at radius 3 is 3.00 bits per heavy atom. The van der Waals surface area contributed by atoms with Gasteiger partial charge in [-0.25, -0.2) is 4.98 Å². The summed E-state index contributed by atoms with van der Waals surface area (Å²) in [5.74, 6) is 0.145. The van der Waals surface area contributed by atoms with E-state index in [9.17, 15) is 5.11 Å². The first-order valence-electron chi connectivity index (χ1n) is 5.90. The van der Waals surface area contributed by atoms with E-state index in [2.05, 4.69) is 17.0 Å². The van der Waals surface area contributed by atoms with E-state index in [4.69, 9.17) is 0 Å². The van der Waals surface area contributed by atoms with Gasteiger partial charge in [0.15, 0.2) is 5.65 Å². The molecule has 0 radical (unpaired) electrons. The van der Waals surface area contributed by atoms with Gasteiger partial charge in [0.25, 0.3) is 0 Å². The molecule has 92 valence electrons. The molecule has 0 atom stereocenters. The molecule has 0 saturated heterocycles. The molecule has 0 fully saturated rings. The first-order valence-corrected chi connectivity index (χ1v) is 6.78. The minimum atomic E-state index is 0.145. The quantitative estimate of drug-likeness (QED) is 0.786. The van der Waals surface area contributed by atoms with Gasteiger partial charge in [0.2, 0.25) is 5.88 Å². The zero-order chi connectivity index (χ0) is 12.5. The van der Waals surface area contributed by atoms with Gasteiger partial charge in [-0.05, 0) is 17.9 Å². The number of fused-ring (bicyclic) bond motifs is 1. The van der Waals surface area contributed by atoms with Crippen molar-refractivity contribution in [2.75, 3.05) is 0 Å². The van der Waals surface area contributed by atoms with Crippen LogP contribution in [0.15, 0.2) is 29.6 Å². The van der Waals surface area contributed by atoms with E-state index in [1.807, 2.05) is 23.6 Å². The summed E-state index contributed by atoms with van der Waals surface area (Å²) in [4.78, 5) is 5.58. The lowest BCUT2D eigenvalue weighted by Gasteiger charge is -2.01. The molecule has 3 aromatic rings. The second-order valence-corrected chi connectivity index (χ2v) is 5.08. The standard InChI is InChI=1S/C13H13N3OS/c1-2-4-9-7-13(17)16-12(14-9)8-10(15-16)11-5-3-6-18-11/h3,5-8,17H,2,4H2,1H3. The lowest BCUT2D eigenvalue weighted by atomic mass is 10.2. The van der Waals surface area contributed by atoms with E-state index < -0.39 is 0 Å². The number of aryl methyl sites for hydroxylation is 1. The van der Waals surface area contributed by atoms with Gasteiger partial charge in [-0.2, -0.15) is 9.61 Å². The summed E-state index contributed by atoms with van der Waals surface area (Å²) in [7, 11) is 0. The largest absolute Gasteiger partial charge is 0.493 e. The molecule has 4 nitrogen and oxygen atoms in total. The Morgan fingerprint density at radius 2 is 2.28 bits per heavy atom. The molecule has 0 aliphatic carbocycles. The van der Waals surface area contributed by atoms with Crippen LogP contribution in [0, 0.1) is 0 Å². The summed E-state index contributed by atoms with van der Waals surface area (Å²) >= 11 is 1.63. The van der Waals surface area contributed by atoms with Crippen LogP contribution in [0.1, 0.15) is 19.0 Å². The third-order valence-corrected chi connectivity index (χ3v) is 3.63. The molecule has 3 heterocycles. The number of nitrogens with zero attached hydrogens (tertiary/aromatic N) is 3. The second kappa shape index (κ2) is 4.42. The van der Waals surface area contributed by atoms with Gasteiger partial charge >= 0.3 is 0 Å². The van der Waals surface area contributed by atoms with Crippen molar-refractivity contribution in [3.63, 3.8) is 0 Å². The van der Waals surface area contributed by atoms with E-state index in [-0.39, 0.29) is 5.88 Å². The molecule has 3 rings (SSSR count). The van der Waals surface area contributed by atoms with Crippen molar-refractivity contribution in [3.8, 4) is 16.5 Å². The molecule has 0 spiro atoms. The van der Waals surface area contributed by atoms with Crippen molar-refractivity contribution in [1.29, 1.82) is 0 Å². The SMILES string of the molecule is CCCc1cc(O)n2nc(-c3cccs3)cc2n1. The zero-order valence-electron chi connectivity index (χ0n) is 10.00. The number of rotatable bonds is 3. The zero-order valence-corrected chi connectivity index (χ0v) is 10.8. The number of thiophene rings is 1. The molecule has 0 bridgehead atoms. The van der Waals surface area contributed by atoms with Crippen molar-refractivity contribution in [3.05, 3.63) is 35.3 Å². The Labute approximate surface area is 109 Å². The third-order valence-electron chi connectivity index (χ3n) is 2.74. The Kier molecular flexibility index (Phi) is 2.76. The van der Waals surface area contributed by atoms with Gasteiger partial charge in [-0.15, -0.1) is 11.3 Å². The summed E-state index contributed by atoms with van der Waals surface area (Å²) in [6.45, 7) is 2.09. The Bertz CT molecular complexity index is 673. The number of aromatic hydroxyl groups is 1. The fourth-order valence-electron chi connectivity index (χ4n) is 1.94. The van der Waals surface area contributed by atoms with E-state index in [1.165, 1.54) is 4.52 Å². The predicted octanol–water partition coefficient (Wildman–Crippen LogP) is 3.12. The topological polar surface area (TPSA) is 50.4 Å². The molecular formula is C13H13N3OS. The minimum absolute atomic E-state index is 0.145. The molecule has 0 saturated carbocycles. The second-order valence-electron chi connectivity index (χ2n) is 4.13. The van der Waals surface area contributed by atoms with Gasteiger partial charge in [0.1, 0.15) is 5.69 Å². The van der Waals surface area contributed by atoms with E-state index >= 15 is 0 Å². The van der Waals surface area contributed by atoms with Crippen LogP contribution in [0.25, 0.3) is 16.2 Å². The molecule has 3 aromatic heterocycles. The lowest BCUT2D eigenvalue weighted by molar-refractivity contribution is 0.434. The van der Waals surface area contributed by atoms with Crippen LogP contribution in [-0.4, -0.2) is 19.7 Å². The Balaban J connectivity index is 2.14. The van der Waals surface area contributed by atoms with Crippen molar-refractivity contribution >= 4 is 17.0 Å². The highest BCUT2D eigenvalue weighted by Crippen LogP contribution is 2.25. The molecule has 0 unspecified atom stereocenters. The first kappa shape index (κ1) is 11.2. The average Bonchev–Trinajstić information content (AvgIpc) is 2.97. The molecule has 18 heavy (non-hydrogen) atoms. The van der Waals surface area contributed by atoms with Gasteiger partial charge in [-0.1, -0.05) is 19.4 Å². The number of hydrogen-bond donors (Lipinski definition) is 1. The molecule has 5 heteroatoms. The third kappa shape index (κ3) is 1.86. The fraction of sp³-hybridized carbons (Fsp3) is 0.231. The summed E-state index contributed by atoms with van der Waals surface area (Å²) in [6.07, 6.45) is 1.87. The van der Waals surface area contributed by atoms with Crippen molar-refractivity contribution in [1.82, 2.24) is 14.6 Å². The fourth-order valence-corrected chi connectivity index (χ4v) is 2.62. The summed E-state index contributed by atoms with van der Waals surface area (Å²) < 4.78 is 1.48. The van der Waals surface area contributed by atoms with E-state index in [0.717, 1.165) is 29.1 Å². The van der Waals surface area contributed by atoms with Crippen LogP contribution in [0.2, 0.25) is 0 Å². The first-order chi connectivity index (χ1) is 8.78. The summed E-state index contributed by atoms with van der Waals surface area (Å²) in [6, 6.07) is 7.59. The highest BCUT2D eigenvalue weighted by Gasteiger charge is 2.10. The molecule has 0 aromatic carbocycles. The van der Waals surface area contributed by atoms with Crippen LogP contribution >= 0.6 is 11.3 Å². The smallest absolute Gasteiger partial charge is 0.215 e. The van der Waals surface area contributed by atoms with Crippen LogP contribution in [0.4, 0.5) is 0 Å². The van der Waals surface area contributed by atoms with Gasteiger partial charge in [0, 0.05) is 17.8 Å². The van der Waals surface area contributed by atoms with Gasteiger partial charge in [-0.3, -0.25) is 0 Å². The van der Waals surface area contributed by atoms with Gasteiger partial charge in [0.05, 0.1) is 4.88 Å². The maximum Gasteiger partial charge on any atom is 0.215 e. The molecule has 0 aliphatic heterocycles. The van der Waals surface area contributed by atoms with Crippen molar-refractivity contribution < 1.29 is 5.11 Å². The lowest BCUT2D eigenvalue weighted by Crippen LogP contribution is -1.96. The number of hydrogen-bond acceptors (Lipinski definition) is 4. The average molecular weight is 259 g/mol. The Hall–Kier alpha value is -1.88. The van der Waals surface area contributed by atoms with Crippen LogP contribution in [0.3, 0.4) is 0 Å². The normalized spacial score (nSPS) is 11.2. The molecule has 0 aliphatic rings.